The molecule has 5 nitrogen and oxygen atoms in total. The van der Waals surface area contributed by atoms with Crippen LogP contribution in [-0.4, -0.2) is 47.2 Å². The lowest BCUT2D eigenvalue weighted by Gasteiger charge is -2.32. The van der Waals surface area contributed by atoms with Crippen LogP contribution in [0.15, 0.2) is 18.5 Å². The van der Waals surface area contributed by atoms with E-state index in [9.17, 15) is 4.79 Å². The van der Waals surface area contributed by atoms with E-state index < -0.39 is 0 Å². The molecule has 1 fully saturated rings. The van der Waals surface area contributed by atoms with Crippen molar-refractivity contribution < 1.29 is 9.53 Å². The molecule has 2 aromatic rings. The molecule has 0 atom stereocenters. The molecule has 0 bridgehead atoms. The Hall–Kier alpha value is -1.88. The molecule has 0 saturated carbocycles. The standard InChI is InChI=1S/C18H25N3O2/c1-13-8-16-17(9-14(13)2)21(12-19-16)10-15-4-6-20(7-5-15)18(22)11-23-3/h8-9,12,15H,4-7,10-11H2,1-3H3. The summed E-state index contributed by atoms with van der Waals surface area (Å²) < 4.78 is 7.20. The van der Waals surface area contributed by atoms with Gasteiger partial charge in [-0.15, -0.1) is 0 Å². The second-order valence-electron chi connectivity index (χ2n) is 6.58. The first kappa shape index (κ1) is 16.0. The van der Waals surface area contributed by atoms with E-state index >= 15 is 0 Å². The van der Waals surface area contributed by atoms with Crippen LogP contribution in [0.25, 0.3) is 11.0 Å². The Balaban J connectivity index is 1.65. The Labute approximate surface area is 137 Å². The molecule has 0 spiro atoms. The smallest absolute Gasteiger partial charge is 0.248 e. The largest absolute Gasteiger partial charge is 0.375 e. The van der Waals surface area contributed by atoms with E-state index in [-0.39, 0.29) is 12.5 Å². The average Bonchev–Trinajstić information content (AvgIpc) is 2.91. The maximum Gasteiger partial charge on any atom is 0.248 e. The third-order valence-electron chi connectivity index (χ3n) is 4.93. The van der Waals surface area contributed by atoms with Crippen molar-refractivity contribution in [3.05, 3.63) is 29.6 Å². The van der Waals surface area contributed by atoms with Gasteiger partial charge < -0.3 is 14.2 Å². The fourth-order valence-corrected chi connectivity index (χ4v) is 3.32. The van der Waals surface area contributed by atoms with Crippen molar-refractivity contribution in [2.45, 2.75) is 33.2 Å². The van der Waals surface area contributed by atoms with Crippen molar-refractivity contribution in [3.8, 4) is 0 Å². The van der Waals surface area contributed by atoms with E-state index in [4.69, 9.17) is 4.74 Å². The first-order valence-corrected chi connectivity index (χ1v) is 8.27. The third-order valence-corrected chi connectivity index (χ3v) is 4.93. The van der Waals surface area contributed by atoms with E-state index in [1.54, 1.807) is 7.11 Å². The molecule has 0 unspecified atom stereocenters. The Morgan fingerprint density at radius 3 is 2.65 bits per heavy atom. The molecule has 1 aromatic carbocycles. The number of fused-ring (bicyclic) bond motifs is 1. The number of nitrogens with zero attached hydrogens (tertiary/aromatic N) is 3. The van der Waals surface area contributed by atoms with Crippen LogP contribution in [-0.2, 0) is 16.1 Å². The van der Waals surface area contributed by atoms with Crippen LogP contribution >= 0.6 is 0 Å². The summed E-state index contributed by atoms with van der Waals surface area (Å²) in [6.45, 7) is 7.10. The lowest BCUT2D eigenvalue weighted by Crippen LogP contribution is -2.41. The molecule has 23 heavy (non-hydrogen) atoms. The molecule has 1 amide bonds. The van der Waals surface area contributed by atoms with Gasteiger partial charge in [-0.25, -0.2) is 4.98 Å². The number of carbonyl (C=O) groups is 1. The molecule has 5 heteroatoms. The predicted molar refractivity (Wildman–Crippen MR) is 90.4 cm³/mol. The zero-order valence-corrected chi connectivity index (χ0v) is 14.2. The Bertz CT molecular complexity index is 700. The second kappa shape index (κ2) is 6.71. The van der Waals surface area contributed by atoms with Crippen LogP contribution in [0.2, 0.25) is 0 Å². The first-order chi connectivity index (χ1) is 11.1. The van der Waals surface area contributed by atoms with Crippen LogP contribution in [0, 0.1) is 19.8 Å². The number of piperidine rings is 1. The second-order valence-corrected chi connectivity index (χ2v) is 6.58. The molecule has 124 valence electrons. The summed E-state index contributed by atoms with van der Waals surface area (Å²) in [6.07, 6.45) is 4.03. The number of aryl methyl sites for hydroxylation is 2. The van der Waals surface area contributed by atoms with Gasteiger partial charge in [0, 0.05) is 26.7 Å². The summed E-state index contributed by atoms with van der Waals surface area (Å²) in [6, 6.07) is 4.39. The quantitative estimate of drug-likeness (QED) is 0.871. The number of carbonyl (C=O) groups excluding carboxylic acids is 1. The van der Waals surface area contributed by atoms with Gasteiger partial charge in [-0.05, 0) is 55.9 Å². The predicted octanol–water partition coefficient (Wildman–Crippen LogP) is 2.54. The SMILES string of the molecule is COCC(=O)N1CCC(Cn2cnc3cc(C)c(C)cc32)CC1. The summed E-state index contributed by atoms with van der Waals surface area (Å²) in [5, 5.41) is 0. The molecule has 1 saturated heterocycles. The van der Waals surface area contributed by atoms with Crippen LogP contribution in [0.5, 0.6) is 0 Å². The fourth-order valence-electron chi connectivity index (χ4n) is 3.32. The van der Waals surface area contributed by atoms with Crippen molar-refractivity contribution in [3.63, 3.8) is 0 Å². The minimum atomic E-state index is 0.102. The van der Waals surface area contributed by atoms with Gasteiger partial charge in [-0.3, -0.25) is 4.79 Å². The lowest BCUT2D eigenvalue weighted by molar-refractivity contribution is -0.136. The van der Waals surface area contributed by atoms with Crippen LogP contribution in [0.1, 0.15) is 24.0 Å². The zero-order chi connectivity index (χ0) is 16.4. The van der Waals surface area contributed by atoms with Crippen LogP contribution < -0.4 is 0 Å². The van der Waals surface area contributed by atoms with Crippen molar-refractivity contribution in [1.29, 1.82) is 0 Å². The Kier molecular flexibility index (Phi) is 4.66. The summed E-state index contributed by atoms with van der Waals surface area (Å²) >= 11 is 0. The van der Waals surface area contributed by atoms with Gasteiger partial charge >= 0.3 is 0 Å². The number of hydrogen-bond donors (Lipinski definition) is 0. The summed E-state index contributed by atoms with van der Waals surface area (Å²) in [4.78, 5) is 18.3. The van der Waals surface area contributed by atoms with E-state index in [0.717, 1.165) is 38.0 Å². The highest BCUT2D eigenvalue weighted by molar-refractivity contribution is 5.78. The number of imidazole rings is 1. The number of rotatable bonds is 4. The molecule has 1 aliphatic heterocycles. The minimum absolute atomic E-state index is 0.102. The Morgan fingerprint density at radius 1 is 1.26 bits per heavy atom. The van der Waals surface area contributed by atoms with Crippen molar-refractivity contribution in [2.75, 3.05) is 26.8 Å². The van der Waals surface area contributed by atoms with Crippen molar-refractivity contribution in [1.82, 2.24) is 14.5 Å². The van der Waals surface area contributed by atoms with E-state index in [1.165, 1.54) is 16.6 Å². The van der Waals surface area contributed by atoms with Crippen molar-refractivity contribution in [2.24, 2.45) is 5.92 Å². The third kappa shape index (κ3) is 3.39. The minimum Gasteiger partial charge on any atom is -0.375 e. The van der Waals surface area contributed by atoms with Gasteiger partial charge in [0.05, 0.1) is 17.4 Å². The maximum absolute atomic E-state index is 11.9. The van der Waals surface area contributed by atoms with Gasteiger partial charge in [0.1, 0.15) is 6.61 Å². The number of amides is 1. The Morgan fingerprint density at radius 2 is 1.96 bits per heavy atom. The number of ether oxygens (including phenoxy) is 1. The number of benzene rings is 1. The highest BCUT2D eigenvalue weighted by Crippen LogP contribution is 2.23. The molecule has 3 rings (SSSR count). The average molecular weight is 315 g/mol. The summed E-state index contributed by atoms with van der Waals surface area (Å²) in [5.74, 6) is 0.700. The summed E-state index contributed by atoms with van der Waals surface area (Å²) in [7, 11) is 1.57. The van der Waals surface area contributed by atoms with Gasteiger partial charge in [0.15, 0.2) is 0 Å². The maximum atomic E-state index is 11.9. The van der Waals surface area contributed by atoms with Gasteiger partial charge in [-0.1, -0.05) is 0 Å². The van der Waals surface area contributed by atoms with E-state index in [0.29, 0.717) is 5.92 Å². The number of hydrogen-bond acceptors (Lipinski definition) is 3. The number of methoxy groups -OCH3 is 1. The van der Waals surface area contributed by atoms with Crippen molar-refractivity contribution >= 4 is 16.9 Å². The van der Waals surface area contributed by atoms with E-state index in [1.807, 2.05) is 11.2 Å². The molecular weight excluding hydrogens is 290 g/mol. The summed E-state index contributed by atoms with van der Waals surface area (Å²) in [5.41, 5.74) is 4.87. The monoisotopic (exact) mass is 315 g/mol. The highest BCUT2D eigenvalue weighted by atomic mass is 16.5. The molecule has 0 aliphatic carbocycles. The van der Waals surface area contributed by atoms with Crippen LogP contribution in [0.3, 0.4) is 0 Å². The van der Waals surface area contributed by atoms with E-state index in [2.05, 4.69) is 35.5 Å². The van der Waals surface area contributed by atoms with Gasteiger partial charge in [0.25, 0.3) is 0 Å². The topological polar surface area (TPSA) is 47.4 Å². The molecule has 1 aromatic heterocycles. The molecule has 1 aliphatic rings. The molecule has 2 heterocycles. The molecule has 0 N–H and O–H groups in total. The lowest BCUT2D eigenvalue weighted by atomic mass is 9.96. The number of aromatic nitrogens is 2. The number of likely N-dealkylation sites (tertiary alicyclic amines) is 1. The fraction of sp³-hybridized carbons (Fsp3) is 0.556. The molecule has 0 radical (unpaired) electrons. The molecular formula is C18H25N3O2. The highest BCUT2D eigenvalue weighted by Gasteiger charge is 2.23. The van der Waals surface area contributed by atoms with Crippen LogP contribution in [0.4, 0.5) is 0 Å². The normalized spacial score (nSPS) is 16.2. The zero-order valence-electron chi connectivity index (χ0n) is 14.2. The van der Waals surface area contributed by atoms with Gasteiger partial charge in [-0.2, -0.15) is 0 Å². The van der Waals surface area contributed by atoms with Gasteiger partial charge in [0.2, 0.25) is 5.91 Å². The first-order valence-electron chi connectivity index (χ1n) is 8.27.